The van der Waals surface area contributed by atoms with Gasteiger partial charge in [0.2, 0.25) is 5.89 Å². The van der Waals surface area contributed by atoms with Crippen LogP contribution in [0.3, 0.4) is 0 Å². The molecule has 59 heavy (non-hydrogen) atoms. The first kappa shape index (κ1) is 33.6. The van der Waals surface area contributed by atoms with E-state index in [1.54, 1.807) is 0 Å². The highest BCUT2D eigenvalue weighted by atomic mass is 32.1. The monoisotopic (exact) mass is 770 g/mol. The van der Waals surface area contributed by atoms with Gasteiger partial charge in [0.15, 0.2) is 5.58 Å². The van der Waals surface area contributed by atoms with Crippen molar-refractivity contribution >= 4 is 92.0 Å². The van der Waals surface area contributed by atoms with Crippen molar-refractivity contribution in [1.29, 1.82) is 0 Å². The third-order valence-corrected chi connectivity index (χ3v) is 12.8. The summed E-state index contributed by atoms with van der Waals surface area (Å²) in [6.45, 7) is 0. The molecule has 2 aromatic heterocycles. The zero-order chi connectivity index (χ0) is 38.9. The van der Waals surface area contributed by atoms with Crippen molar-refractivity contribution in [3.05, 3.63) is 206 Å². The van der Waals surface area contributed by atoms with Crippen LogP contribution < -0.4 is 4.90 Å². The highest BCUT2D eigenvalue weighted by Crippen LogP contribution is 2.43. The predicted molar refractivity (Wildman–Crippen MR) is 250 cm³/mol. The first-order valence-electron chi connectivity index (χ1n) is 19.9. The number of anilines is 3. The van der Waals surface area contributed by atoms with Gasteiger partial charge in [0.25, 0.3) is 0 Å². The van der Waals surface area contributed by atoms with Crippen molar-refractivity contribution in [2.45, 2.75) is 0 Å². The summed E-state index contributed by atoms with van der Waals surface area (Å²) in [4.78, 5) is 7.29. The van der Waals surface area contributed by atoms with Crippen molar-refractivity contribution in [3.8, 4) is 33.7 Å². The lowest BCUT2D eigenvalue weighted by molar-refractivity contribution is 0.623. The molecule has 0 spiro atoms. The van der Waals surface area contributed by atoms with Gasteiger partial charge in [0.1, 0.15) is 5.52 Å². The normalized spacial score (nSPS) is 11.7. The van der Waals surface area contributed by atoms with E-state index < -0.39 is 0 Å². The lowest BCUT2D eigenvalue weighted by Gasteiger charge is -2.26. The Hall–Kier alpha value is -7.53. The smallest absolute Gasteiger partial charge is 0.227 e. The van der Waals surface area contributed by atoms with E-state index in [1.807, 2.05) is 41.7 Å². The van der Waals surface area contributed by atoms with Gasteiger partial charge >= 0.3 is 0 Å². The van der Waals surface area contributed by atoms with Gasteiger partial charge in [-0.05, 0) is 117 Å². The van der Waals surface area contributed by atoms with E-state index in [9.17, 15) is 0 Å². The fourth-order valence-electron chi connectivity index (χ4n) is 8.77. The van der Waals surface area contributed by atoms with Crippen molar-refractivity contribution in [2.24, 2.45) is 0 Å². The topological polar surface area (TPSA) is 29.3 Å². The number of benzene rings is 10. The minimum Gasteiger partial charge on any atom is -0.435 e. The molecule has 4 heteroatoms. The average Bonchev–Trinajstić information content (AvgIpc) is 3.92. The second-order valence-corrected chi connectivity index (χ2v) is 16.2. The lowest BCUT2D eigenvalue weighted by Crippen LogP contribution is -2.09. The van der Waals surface area contributed by atoms with Crippen LogP contribution in [0.15, 0.2) is 211 Å². The van der Waals surface area contributed by atoms with Crippen molar-refractivity contribution in [1.82, 2.24) is 4.98 Å². The van der Waals surface area contributed by atoms with Crippen LogP contribution >= 0.6 is 11.3 Å². The molecule has 3 nitrogen and oxygen atoms in total. The molecule has 0 aliphatic carbocycles. The van der Waals surface area contributed by atoms with E-state index in [-0.39, 0.29) is 0 Å². The molecule has 0 amide bonds. The minimum atomic E-state index is 0.632. The van der Waals surface area contributed by atoms with Gasteiger partial charge < -0.3 is 9.32 Å². The van der Waals surface area contributed by atoms with Crippen LogP contribution in [0.5, 0.6) is 0 Å². The molecule has 0 unspecified atom stereocenters. The number of aromatic nitrogens is 1. The fourth-order valence-corrected chi connectivity index (χ4v) is 9.85. The highest BCUT2D eigenvalue weighted by molar-refractivity contribution is 7.25. The Kier molecular flexibility index (Phi) is 7.72. The maximum absolute atomic E-state index is 6.60. The number of hydrogen-bond donors (Lipinski definition) is 0. The van der Waals surface area contributed by atoms with Crippen molar-refractivity contribution in [2.75, 3.05) is 4.90 Å². The summed E-state index contributed by atoms with van der Waals surface area (Å²) in [7, 11) is 0. The highest BCUT2D eigenvalue weighted by Gasteiger charge is 2.18. The molecule has 12 rings (SSSR count). The molecule has 0 fully saturated rings. The maximum atomic E-state index is 6.60. The first-order valence-corrected chi connectivity index (χ1v) is 20.8. The summed E-state index contributed by atoms with van der Waals surface area (Å²) in [5.74, 6) is 0.632. The molecule has 0 aliphatic rings. The molecule has 10 aromatic carbocycles. The van der Waals surface area contributed by atoms with Crippen LogP contribution in [-0.4, -0.2) is 4.98 Å². The number of fused-ring (bicyclic) bond motifs is 10. The molecule has 0 aliphatic heterocycles. The fraction of sp³-hybridized carbons (Fsp3) is 0. The minimum absolute atomic E-state index is 0.632. The Bertz CT molecular complexity index is 3530. The Labute approximate surface area is 344 Å². The first-order chi connectivity index (χ1) is 29.2. The Morgan fingerprint density at radius 1 is 0.373 bits per heavy atom. The lowest BCUT2D eigenvalue weighted by atomic mass is 9.95. The number of nitrogens with zero attached hydrogens (tertiary/aromatic N) is 2. The summed E-state index contributed by atoms with van der Waals surface area (Å²) < 4.78 is 9.24. The largest absolute Gasteiger partial charge is 0.435 e. The number of thiophene rings is 1. The third-order valence-electron chi connectivity index (χ3n) is 11.7. The van der Waals surface area contributed by atoms with Gasteiger partial charge in [-0.25, -0.2) is 4.98 Å². The van der Waals surface area contributed by atoms with Gasteiger partial charge in [0.05, 0.1) is 0 Å². The van der Waals surface area contributed by atoms with Gasteiger partial charge in [-0.2, -0.15) is 0 Å². The molecule has 276 valence electrons. The molecule has 0 saturated heterocycles. The quantitative estimate of drug-likeness (QED) is 0.158. The Morgan fingerprint density at radius 2 is 0.932 bits per heavy atom. The molecule has 12 aromatic rings. The maximum Gasteiger partial charge on any atom is 0.227 e. The van der Waals surface area contributed by atoms with Gasteiger partial charge in [-0.1, -0.05) is 133 Å². The van der Waals surface area contributed by atoms with Crippen LogP contribution in [0.1, 0.15) is 0 Å². The molecular weight excluding hydrogens is 737 g/mol. The van der Waals surface area contributed by atoms with Crippen LogP contribution in [0, 0.1) is 0 Å². The van der Waals surface area contributed by atoms with E-state index >= 15 is 0 Å². The van der Waals surface area contributed by atoms with Crippen molar-refractivity contribution in [3.63, 3.8) is 0 Å². The number of hydrogen-bond acceptors (Lipinski definition) is 4. The molecule has 0 bridgehead atoms. The predicted octanol–water partition coefficient (Wildman–Crippen LogP) is 16.1. The molecule has 0 saturated carbocycles. The zero-order valence-corrected chi connectivity index (χ0v) is 32.7. The Morgan fingerprint density at radius 3 is 1.68 bits per heavy atom. The molecule has 0 atom stereocenters. The van der Waals surface area contributed by atoms with Crippen LogP contribution in [-0.2, 0) is 0 Å². The SMILES string of the molecule is c1ccc(-c2ccc(N(c3ccc(-c4ccc5sc6ccccc6c5c4)cc3)c3ccc4c(ccc5ccc6ccc7nc(-c8ccccc8)oc7c6c54)c3)cc2)cc1. The van der Waals surface area contributed by atoms with Crippen LogP contribution in [0.2, 0.25) is 0 Å². The summed E-state index contributed by atoms with van der Waals surface area (Å²) in [5, 5.41) is 9.51. The standard InChI is InChI=1S/C55H34N2OS/c1-3-9-35(10-4-1)36-19-25-43(26-20-36)57(44-27-21-37(22-28-44)41-24-32-51-48(34-41)47-13-7-8-14-50(47)59-51)45-29-30-46-42(33-45)18-17-38-15-16-39-23-31-49-54(53(39)52(38)46)58-55(56-49)40-11-5-2-6-12-40/h1-34H. The molecule has 2 heterocycles. The van der Waals surface area contributed by atoms with E-state index in [2.05, 4.69) is 181 Å². The Balaban J connectivity index is 0.996. The second-order valence-electron chi connectivity index (χ2n) is 15.1. The molecule has 0 N–H and O–H groups in total. The molecule has 0 radical (unpaired) electrons. The summed E-state index contributed by atoms with van der Waals surface area (Å²) >= 11 is 1.85. The van der Waals surface area contributed by atoms with Crippen molar-refractivity contribution < 1.29 is 4.42 Å². The van der Waals surface area contributed by atoms with E-state index in [4.69, 9.17) is 9.40 Å². The average molecular weight is 771 g/mol. The van der Waals surface area contributed by atoms with Gasteiger partial charge in [-0.15, -0.1) is 11.3 Å². The van der Waals surface area contributed by atoms with Gasteiger partial charge in [-0.3, -0.25) is 0 Å². The van der Waals surface area contributed by atoms with E-state index in [0.717, 1.165) is 49.9 Å². The molecular formula is C55H34N2OS. The van der Waals surface area contributed by atoms with Crippen LogP contribution in [0.25, 0.3) is 97.3 Å². The number of rotatable bonds is 6. The summed E-state index contributed by atoms with van der Waals surface area (Å²) in [6, 6.07) is 74.1. The summed E-state index contributed by atoms with van der Waals surface area (Å²) in [6.07, 6.45) is 0. The second kappa shape index (κ2) is 13.6. The van der Waals surface area contributed by atoms with E-state index in [1.165, 1.54) is 58.6 Å². The van der Waals surface area contributed by atoms with Crippen LogP contribution in [0.4, 0.5) is 17.1 Å². The number of oxazole rings is 1. The van der Waals surface area contributed by atoms with E-state index in [0.29, 0.717) is 5.89 Å². The summed E-state index contributed by atoms with van der Waals surface area (Å²) in [5.41, 5.74) is 10.7. The zero-order valence-electron chi connectivity index (χ0n) is 31.8. The van der Waals surface area contributed by atoms with Gasteiger partial charge in [0, 0.05) is 53.6 Å². The third kappa shape index (κ3) is 5.68.